The van der Waals surface area contributed by atoms with E-state index in [9.17, 15) is 4.79 Å². The van der Waals surface area contributed by atoms with Crippen molar-refractivity contribution in [2.45, 2.75) is 6.42 Å². The van der Waals surface area contributed by atoms with E-state index in [2.05, 4.69) is 10.3 Å². The van der Waals surface area contributed by atoms with Crippen molar-refractivity contribution in [3.63, 3.8) is 0 Å². The Balaban J connectivity index is 1.53. The van der Waals surface area contributed by atoms with Gasteiger partial charge in [-0.15, -0.1) is 0 Å². The number of pyridine rings is 1. The van der Waals surface area contributed by atoms with Crippen molar-refractivity contribution in [3.8, 4) is 11.5 Å². The van der Waals surface area contributed by atoms with Gasteiger partial charge >= 0.3 is 0 Å². The molecule has 1 aromatic heterocycles. The number of carbonyl (C=O) groups is 1. The average molecular weight is 331 g/mol. The fourth-order valence-electron chi connectivity index (χ4n) is 2.17. The summed E-state index contributed by atoms with van der Waals surface area (Å²) in [4.78, 5) is 16.0. The molecule has 6 heteroatoms. The fraction of sp³-hybridized carbons (Fsp3) is 0.176. The molecule has 1 amide bonds. The van der Waals surface area contributed by atoms with E-state index >= 15 is 0 Å². The van der Waals surface area contributed by atoms with Crippen molar-refractivity contribution in [2.24, 2.45) is 0 Å². The second kappa shape index (κ2) is 7.15. The molecule has 0 atom stereocenters. The fourth-order valence-corrected chi connectivity index (χ4v) is 2.45. The molecule has 23 heavy (non-hydrogen) atoms. The molecule has 0 bridgehead atoms. The summed E-state index contributed by atoms with van der Waals surface area (Å²) in [7, 11) is 0. The van der Waals surface area contributed by atoms with E-state index in [1.807, 2.05) is 18.2 Å². The maximum Gasteiger partial charge on any atom is 0.244 e. The highest BCUT2D eigenvalue weighted by atomic mass is 35.5. The Labute approximate surface area is 138 Å². The summed E-state index contributed by atoms with van der Waals surface area (Å²) in [5, 5.41) is 3.28. The molecule has 0 spiro atoms. The normalized spacial score (nSPS) is 12.6. The second-order valence-corrected chi connectivity index (χ2v) is 5.34. The number of fused-ring (bicyclic) bond motifs is 1. The first-order valence-electron chi connectivity index (χ1n) is 7.17. The van der Waals surface area contributed by atoms with Crippen molar-refractivity contribution in [1.82, 2.24) is 10.3 Å². The second-order valence-electron chi connectivity index (χ2n) is 4.93. The van der Waals surface area contributed by atoms with E-state index in [4.69, 9.17) is 21.1 Å². The van der Waals surface area contributed by atoms with Crippen LogP contribution < -0.4 is 14.8 Å². The van der Waals surface area contributed by atoms with Gasteiger partial charge in [-0.1, -0.05) is 17.7 Å². The Bertz CT molecular complexity index is 732. The quantitative estimate of drug-likeness (QED) is 0.856. The molecule has 0 fully saturated rings. The lowest BCUT2D eigenvalue weighted by Crippen LogP contribution is -2.23. The van der Waals surface area contributed by atoms with Crippen LogP contribution in [-0.4, -0.2) is 24.2 Å². The monoisotopic (exact) mass is 330 g/mol. The van der Waals surface area contributed by atoms with Gasteiger partial charge in [0.15, 0.2) is 11.5 Å². The number of nitrogens with one attached hydrogen (secondary N) is 1. The van der Waals surface area contributed by atoms with Gasteiger partial charge in [0.2, 0.25) is 12.7 Å². The largest absolute Gasteiger partial charge is 0.454 e. The molecule has 0 unspecified atom stereocenters. The number of rotatable bonds is 5. The van der Waals surface area contributed by atoms with E-state index in [1.54, 1.807) is 24.4 Å². The van der Waals surface area contributed by atoms with Crippen LogP contribution in [0.15, 0.2) is 42.6 Å². The molecule has 118 valence electrons. The van der Waals surface area contributed by atoms with Crippen LogP contribution in [0.1, 0.15) is 11.3 Å². The highest BCUT2D eigenvalue weighted by Crippen LogP contribution is 2.39. The van der Waals surface area contributed by atoms with Crippen LogP contribution in [0.5, 0.6) is 11.5 Å². The predicted molar refractivity (Wildman–Crippen MR) is 87.6 cm³/mol. The molecule has 0 saturated heterocycles. The topological polar surface area (TPSA) is 60.5 Å². The van der Waals surface area contributed by atoms with Crippen LogP contribution in [0, 0.1) is 0 Å². The summed E-state index contributed by atoms with van der Waals surface area (Å²) in [6, 6.07) is 9.23. The Morgan fingerprint density at radius 1 is 1.35 bits per heavy atom. The summed E-state index contributed by atoms with van der Waals surface area (Å²) in [5.74, 6) is 0.964. The molecule has 1 aromatic carbocycles. The molecule has 5 nitrogen and oxygen atoms in total. The highest BCUT2D eigenvalue weighted by molar-refractivity contribution is 6.32. The first kappa shape index (κ1) is 15.4. The third-order valence-electron chi connectivity index (χ3n) is 3.28. The Morgan fingerprint density at radius 3 is 3.09 bits per heavy atom. The standard InChI is InChI=1S/C17H15ClN2O3/c18-14-9-12(10-15-17(14)23-11-22-15)4-5-16(21)20-8-6-13-3-1-2-7-19-13/h1-5,7,9-10H,6,8,11H2,(H,20,21)/b5-4+. The number of aromatic nitrogens is 1. The maximum atomic E-state index is 11.8. The number of hydrogen-bond donors (Lipinski definition) is 1. The molecule has 1 aliphatic heterocycles. The third kappa shape index (κ3) is 4.02. The van der Waals surface area contributed by atoms with Crippen LogP contribution in [0.25, 0.3) is 6.08 Å². The minimum Gasteiger partial charge on any atom is -0.454 e. The van der Waals surface area contributed by atoms with Crippen LogP contribution in [0.4, 0.5) is 0 Å². The zero-order chi connectivity index (χ0) is 16.1. The Morgan fingerprint density at radius 2 is 2.26 bits per heavy atom. The predicted octanol–water partition coefficient (Wildman–Crippen LogP) is 2.84. The molecule has 2 heterocycles. The molecule has 1 aliphatic rings. The van der Waals surface area contributed by atoms with Gasteiger partial charge in [0.1, 0.15) is 0 Å². The zero-order valence-electron chi connectivity index (χ0n) is 12.3. The van der Waals surface area contributed by atoms with Crippen LogP contribution >= 0.6 is 11.6 Å². The molecule has 2 aromatic rings. The molecule has 0 aliphatic carbocycles. The molecular formula is C17H15ClN2O3. The number of amides is 1. The van der Waals surface area contributed by atoms with Crippen molar-refractivity contribution in [1.29, 1.82) is 0 Å². The third-order valence-corrected chi connectivity index (χ3v) is 3.56. The number of carbonyl (C=O) groups excluding carboxylic acids is 1. The number of ether oxygens (including phenoxy) is 2. The molecule has 0 radical (unpaired) electrons. The van der Waals surface area contributed by atoms with Crippen molar-refractivity contribution in [3.05, 3.63) is 58.9 Å². The van der Waals surface area contributed by atoms with Crippen LogP contribution in [0.2, 0.25) is 5.02 Å². The minimum atomic E-state index is -0.172. The van der Waals surface area contributed by atoms with E-state index < -0.39 is 0 Å². The van der Waals surface area contributed by atoms with E-state index in [1.165, 1.54) is 6.08 Å². The first-order valence-corrected chi connectivity index (χ1v) is 7.55. The number of benzene rings is 1. The van der Waals surface area contributed by atoms with E-state index in [-0.39, 0.29) is 12.7 Å². The van der Waals surface area contributed by atoms with Gasteiger partial charge in [-0.25, -0.2) is 0 Å². The van der Waals surface area contributed by atoms with E-state index in [0.29, 0.717) is 29.5 Å². The molecule has 1 N–H and O–H groups in total. The van der Waals surface area contributed by atoms with Gasteiger partial charge < -0.3 is 14.8 Å². The highest BCUT2D eigenvalue weighted by Gasteiger charge is 2.17. The summed E-state index contributed by atoms with van der Waals surface area (Å²) in [6.45, 7) is 0.693. The Kier molecular flexibility index (Phi) is 4.78. The Hall–Kier alpha value is -2.53. The SMILES string of the molecule is O=C(/C=C/c1cc(Cl)c2c(c1)OCO2)NCCc1ccccn1. The van der Waals surface area contributed by atoms with Gasteiger partial charge in [-0.2, -0.15) is 0 Å². The molecular weight excluding hydrogens is 316 g/mol. The molecule has 0 saturated carbocycles. The van der Waals surface area contributed by atoms with Gasteiger partial charge in [0.25, 0.3) is 0 Å². The van der Waals surface area contributed by atoms with Crippen molar-refractivity contribution >= 4 is 23.6 Å². The van der Waals surface area contributed by atoms with Gasteiger partial charge in [0.05, 0.1) is 5.02 Å². The number of nitrogens with zero attached hydrogens (tertiary/aromatic N) is 1. The first-order chi connectivity index (χ1) is 11.2. The summed E-state index contributed by atoms with van der Waals surface area (Å²) >= 11 is 6.10. The summed E-state index contributed by atoms with van der Waals surface area (Å²) in [6.07, 6.45) is 5.58. The summed E-state index contributed by atoms with van der Waals surface area (Å²) in [5.41, 5.74) is 1.72. The van der Waals surface area contributed by atoms with Crippen LogP contribution in [0.3, 0.4) is 0 Å². The smallest absolute Gasteiger partial charge is 0.244 e. The van der Waals surface area contributed by atoms with Gasteiger partial charge in [0, 0.05) is 30.9 Å². The van der Waals surface area contributed by atoms with E-state index in [0.717, 1.165) is 11.3 Å². The lowest BCUT2D eigenvalue weighted by atomic mass is 10.2. The lowest BCUT2D eigenvalue weighted by molar-refractivity contribution is -0.116. The average Bonchev–Trinajstić information content (AvgIpc) is 3.03. The van der Waals surface area contributed by atoms with Gasteiger partial charge in [-0.05, 0) is 35.9 Å². The lowest BCUT2D eigenvalue weighted by Gasteiger charge is -2.03. The van der Waals surface area contributed by atoms with Crippen molar-refractivity contribution < 1.29 is 14.3 Å². The zero-order valence-corrected chi connectivity index (χ0v) is 13.0. The van der Waals surface area contributed by atoms with Crippen molar-refractivity contribution in [2.75, 3.05) is 13.3 Å². The maximum absolute atomic E-state index is 11.8. The number of hydrogen-bond acceptors (Lipinski definition) is 4. The molecule has 3 rings (SSSR count). The minimum absolute atomic E-state index is 0.163. The van der Waals surface area contributed by atoms with Crippen LogP contribution in [-0.2, 0) is 11.2 Å². The van der Waals surface area contributed by atoms with Gasteiger partial charge in [-0.3, -0.25) is 9.78 Å². The summed E-state index contributed by atoms with van der Waals surface area (Å²) < 4.78 is 10.5. The number of halogens is 1.